The molecule has 1 heterocycles. The monoisotopic (exact) mass is 422 g/mol. The number of hydrogen-bond acceptors (Lipinski definition) is 3. The van der Waals surface area contributed by atoms with Crippen LogP contribution in [0.4, 0.5) is 14.5 Å². The summed E-state index contributed by atoms with van der Waals surface area (Å²) < 4.78 is 33.2. The van der Waals surface area contributed by atoms with Gasteiger partial charge >= 0.3 is 0 Å². The van der Waals surface area contributed by atoms with E-state index in [1.165, 1.54) is 30.3 Å². The average molecular weight is 422 g/mol. The van der Waals surface area contributed by atoms with Crippen LogP contribution in [0.5, 0.6) is 5.75 Å². The van der Waals surface area contributed by atoms with Gasteiger partial charge in [-0.3, -0.25) is 9.59 Å². The standard InChI is InChI=1S/C24H20F2N2O3/c25-16-10-11-17-18(13-23(29)27-20(17)12-16)24(30)28-21(15-6-2-1-3-7-15)14-31-22-9-5-4-8-19(22)26/h1-12,18,21H,13-14H2,(H,27,29)(H,28,30)/t18-,21+/m1/s1. The largest absolute Gasteiger partial charge is 0.488 e. The Bertz CT molecular complexity index is 1100. The summed E-state index contributed by atoms with van der Waals surface area (Å²) in [6.07, 6.45) is -0.0554. The molecule has 158 valence electrons. The second-order valence-electron chi connectivity index (χ2n) is 7.25. The predicted molar refractivity (Wildman–Crippen MR) is 112 cm³/mol. The maximum atomic E-state index is 13.9. The minimum Gasteiger partial charge on any atom is -0.488 e. The predicted octanol–water partition coefficient (Wildman–Crippen LogP) is 4.33. The summed E-state index contributed by atoms with van der Waals surface area (Å²) in [6, 6.07) is 18.5. The van der Waals surface area contributed by atoms with E-state index >= 15 is 0 Å². The highest BCUT2D eigenvalue weighted by Gasteiger charge is 2.32. The zero-order valence-electron chi connectivity index (χ0n) is 16.5. The lowest BCUT2D eigenvalue weighted by molar-refractivity contribution is -0.127. The molecule has 3 aromatic carbocycles. The Hall–Kier alpha value is -3.74. The molecule has 5 nitrogen and oxygen atoms in total. The van der Waals surface area contributed by atoms with Gasteiger partial charge in [0.2, 0.25) is 11.8 Å². The zero-order chi connectivity index (χ0) is 21.8. The van der Waals surface area contributed by atoms with Gasteiger partial charge in [-0.1, -0.05) is 48.5 Å². The van der Waals surface area contributed by atoms with Gasteiger partial charge in [0.1, 0.15) is 12.4 Å². The minimum absolute atomic E-state index is 0.00806. The summed E-state index contributed by atoms with van der Waals surface area (Å²) >= 11 is 0. The number of anilines is 1. The number of carbonyl (C=O) groups excluding carboxylic acids is 2. The van der Waals surface area contributed by atoms with Crippen molar-refractivity contribution < 1.29 is 23.1 Å². The van der Waals surface area contributed by atoms with Crippen molar-refractivity contribution in [1.29, 1.82) is 0 Å². The summed E-state index contributed by atoms with van der Waals surface area (Å²) in [5.41, 5.74) is 1.60. The van der Waals surface area contributed by atoms with Crippen LogP contribution in [0.15, 0.2) is 72.8 Å². The quantitative estimate of drug-likeness (QED) is 0.622. The third-order valence-electron chi connectivity index (χ3n) is 5.13. The van der Waals surface area contributed by atoms with E-state index < -0.39 is 29.5 Å². The third kappa shape index (κ3) is 4.71. The zero-order valence-corrected chi connectivity index (χ0v) is 16.5. The average Bonchev–Trinajstić information content (AvgIpc) is 2.77. The molecule has 0 unspecified atom stereocenters. The Balaban J connectivity index is 1.56. The van der Waals surface area contributed by atoms with Crippen molar-refractivity contribution in [3.05, 3.63) is 95.6 Å². The molecule has 2 N–H and O–H groups in total. The highest BCUT2D eigenvalue weighted by molar-refractivity contribution is 6.01. The number of nitrogens with one attached hydrogen (secondary N) is 2. The Kier molecular flexibility index (Phi) is 5.93. The van der Waals surface area contributed by atoms with Crippen LogP contribution in [-0.2, 0) is 9.59 Å². The van der Waals surface area contributed by atoms with Gasteiger partial charge < -0.3 is 15.4 Å². The molecule has 3 aromatic rings. The van der Waals surface area contributed by atoms with E-state index in [0.29, 0.717) is 5.56 Å². The highest BCUT2D eigenvalue weighted by Crippen LogP contribution is 2.33. The lowest BCUT2D eigenvalue weighted by atomic mass is 9.89. The normalized spacial score (nSPS) is 16.1. The molecule has 0 aromatic heterocycles. The van der Waals surface area contributed by atoms with Crippen LogP contribution < -0.4 is 15.4 Å². The molecule has 4 rings (SSSR count). The second-order valence-corrected chi connectivity index (χ2v) is 7.25. The van der Waals surface area contributed by atoms with Crippen LogP contribution >= 0.6 is 0 Å². The Labute approximate surface area is 178 Å². The van der Waals surface area contributed by atoms with Crippen molar-refractivity contribution >= 4 is 17.5 Å². The van der Waals surface area contributed by atoms with E-state index in [1.54, 1.807) is 12.1 Å². The molecule has 2 atom stereocenters. The van der Waals surface area contributed by atoms with Crippen LogP contribution in [0.3, 0.4) is 0 Å². The number of hydrogen-bond donors (Lipinski definition) is 2. The van der Waals surface area contributed by atoms with Gasteiger partial charge in [-0.05, 0) is 35.4 Å². The molecule has 31 heavy (non-hydrogen) atoms. The lowest BCUT2D eigenvalue weighted by Crippen LogP contribution is -2.39. The molecule has 0 bridgehead atoms. The van der Waals surface area contributed by atoms with Gasteiger partial charge in [0, 0.05) is 12.1 Å². The molecule has 7 heteroatoms. The first-order chi connectivity index (χ1) is 15.0. The lowest BCUT2D eigenvalue weighted by Gasteiger charge is -2.27. The Morgan fingerprint density at radius 2 is 1.81 bits per heavy atom. The van der Waals surface area contributed by atoms with Gasteiger partial charge in [-0.25, -0.2) is 8.78 Å². The molecule has 0 aliphatic carbocycles. The first-order valence-electron chi connectivity index (χ1n) is 9.83. The van der Waals surface area contributed by atoms with Crippen molar-refractivity contribution in [3.8, 4) is 5.75 Å². The third-order valence-corrected chi connectivity index (χ3v) is 5.13. The summed E-state index contributed by atoms with van der Waals surface area (Å²) in [6.45, 7) is -0.00806. The number of benzene rings is 3. The van der Waals surface area contributed by atoms with Crippen molar-refractivity contribution in [2.45, 2.75) is 18.4 Å². The van der Waals surface area contributed by atoms with Gasteiger partial charge in [0.15, 0.2) is 11.6 Å². The summed E-state index contributed by atoms with van der Waals surface area (Å²) in [7, 11) is 0. The molecular weight excluding hydrogens is 402 g/mol. The van der Waals surface area contributed by atoms with Crippen molar-refractivity contribution in [2.75, 3.05) is 11.9 Å². The Morgan fingerprint density at radius 1 is 1.06 bits per heavy atom. The second kappa shape index (κ2) is 8.95. The highest BCUT2D eigenvalue weighted by atomic mass is 19.1. The number of halogens is 2. The summed E-state index contributed by atoms with van der Waals surface area (Å²) in [5, 5.41) is 5.51. The fourth-order valence-electron chi connectivity index (χ4n) is 3.58. The molecule has 1 aliphatic heterocycles. The van der Waals surface area contributed by atoms with E-state index in [1.807, 2.05) is 30.3 Å². The first-order valence-corrected chi connectivity index (χ1v) is 9.83. The SMILES string of the molecule is O=C1C[C@@H](C(=O)N[C@@H](COc2ccccc2F)c2ccccc2)c2ccc(F)cc2N1. The van der Waals surface area contributed by atoms with Crippen LogP contribution in [0.2, 0.25) is 0 Å². The van der Waals surface area contributed by atoms with Crippen LogP contribution in [0.25, 0.3) is 0 Å². The van der Waals surface area contributed by atoms with Crippen LogP contribution in [0.1, 0.15) is 29.5 Å². The van der Waals surface area contributed by atoms with E-state index in [0.717, 1.165) is 5.56 Å². The maximum Gasteiger partial charge on any atom is 0.228 e. The first kappa shape index (κ1) is 20.5. The maximum absolute atomic E-state index is 13.9. The van der Waals surface area contributed by atoms with E-state index in [9.17, 15) is 18.4 Å². The van der Waals surface area contributed by atoms with Crippen LogP contribution in [-0.4, -0.2) is 18.4 Å². The van der Waals surface area contributed by atoms with Gasteiger partial charge in [-0.15, -0.1) is 0 Å². The number of para-hydroxylation sites is 1. The molecule has 0 saturated heterocycles. The summed E-state index contributed by atoms with van der Waals surface area (Å²) in [4.78, 5) is 25.2. The number of carbonyl (C=O) groups is 2. The van der Waals surface area contributed by atoms with Crippen molar-refractivity contribution in [3.63, 3.8) is 0 Å². The molecule has 1 aliphatic rings. The minimum atomic E-state index is -0.774. The summed E-state index contributed by atoms with van der Waals surface area (Å²) in [5.74, 6) is -2.45. The topological polar surface area (TPSA) is 67.4 Å². The molecule has 0 radical (unpaired) electrons. The number of fused-ring (bicyclic) bond motifs is 1. The van der Waals surface area contributed by atoms with Crippen molar-refractivity contribution in [1.82, 2.24) is 5.32 Å². The molecule has 0 spiro atoms. The Morgan fingerprint density at radius 3 is 2.58 bits per heavy atom. The van der Waals surface area contributed by atoms with E-state index in [4.69, 9.17) is 4.74 Å². The number of ether oxygens (including phenoxy) is 1. The van der Waals surface area contributed by atoms with Crippen LogP contribution in [0, 0.1) is 11.6 Å². The molecule has 0 saturated carbocycles. The van der Waals surface area contributed by atoms with Gasteiger partial charge in [-0.2, -0.15) is 0 Å². The molecule has 2 amide bonds. The van der Waals surface area contributed by atoms with E-state index in [-0.39, 0.29) is 30.4 Å². The van der Waals surface area contributed by atoms with Crippen molar-refractivity contribution in [2.24, 2.45) is 0 Å². The fourth-order valence-corrected chi connectivity index (χ4v) is 3.58. The molecule has 0 fully saturated rings. The fraction of sp³-hybridized carbons (Fsp3) is 0.167. The van der Waals surface area contributed by atoms with Gasteiger partial charge in [0.25, 0.3) is 0 Å². The van der Waals surface area contributed by atoms with Gasteiger partial charge in [0.05, 0.1) is 12.0 Å². The number of rotatable bonds is 6. The molecular formula is C24H20F2N2O3. The smallest absolute Gasteiger partial charge is 0.228 e. The van der Waals surface area contributed by atoms with E-state index in [2.05, 4.69) is 10.6 Å². The number of amides is 2.